The molecule has 0 aliphatic rings. The first-order valence-corrected chi connectivity index (χ1v) is 4.73. The second-order valence-corrected chi connectivity index (χ2v) is 3.30. The molecule has 0 bridgehead atoms. The zero-order valence-electron chi connectivity index (χ0n) is 5.37. The molecule has 0 atom stereocenters. The van der Waals surface area contributed by atoms with Crippen molar-refractivity contribution < 1.29 is 4.39 Å². The van der Waals surface area contributed by atoms with E-state index in [-0.39, 0.29) is 5.02 Å². The third kappa shape index (κ3) is 1.86. The number of hydrogen-bond donors (Lipinski definition) is 0. The average molecular weight is 258 g/mol. The fourth-order valence-corrected chi connectivity index (χ4v) is 2.10. The molecule has 0 aromatic heterocycles. The molecule has 0 saturated heterocycles. The maximum absolute atomic E-state index is 12.7. The molecule has 60 valence electrons. The lowest BCUT2D eigenvalue weighted by molar-refractivity contribution is 0.627. The van der Waals surface area contributed by atoms with E-state index >= 15 is 0 Å². The summed E-state index contributed by atoms with van der Waals surface area (Å²) in [4.78, 5) is 0. The van der Waals surface area contributed by atoms with Gasteiger partial charge in [-0.1, -0.05) is 39.1 Å². The molecule has 0 saturated carbocycles. The lowest BCUT2D eigenvalue weighted by atomic mass is 10.2. The first kappa shape index (κ1) is 9.30. The molecule has 0 amide bonds. The molecule has 0 fully saturated rings. The molecule has 11 heavy (non-hydrogen) atoms. The van der Waals surface area contributed by atoms with Crippen LogP contribution < -0.4 is 0 Å². The summed E-state index contributed by atoms with van der Waals surface area (Å²) in [5.41, 5.74) is 0.591. The normalized spacial score (nSPS) is 10.2. The van der Waals surface area contributed by atoms with Crippen LogP contribution in [0, 0.1) is 5.82 Å². The fraction of sp³-hybridized carbons (Fsp3) is 0.143. The second kappa shape index (κ2) is 3.74. The summed E-state index contributed by atoms with van der Waals surface area (Å²) in [6.07, 6.45) is 0. The maximum Gasteiger partial charge on any atom is 0.142 e. The number of hydrogen-bond acceptors (Lipinski definition) is 0. The van der Waals surface area contributed by atoms with Crippen LogP contribution >= 0.6 is 39.1 Å². The van der Waals surface area contributed by atoms with Crippen LogP contribution in [-0.4, -0.2) is 0 Å². The molecule has 0 aliphatic heterocycles. The van der Waals surface area contributed by atoms with E-state index in [0.717, 1.165) is 0 Å². The molecule has 1 aromatic rings. The molecule has 4 heteroatoms. The number of rotatable bonds is 1. The number of benzene rings is 1. The van der Waals surface area contributed by atoms with Gasteiger partial charge in [-0.25, -0.2) is 4.39 Å². The molecule has 0 unspecified atom stereocenters. The Balaban J connectivity index is 3.29. The predicted molar refractivity (Wildman–Crippen MR) is 49.1 cm³/mol. The molecule has 1 rings (SSSR count). The minimum absolute atomic E-state index is 0.0920. The van der Waals surface area contributed by atoms with Gasteiger partial charge in [0, 0.05) is 15.9 Å². The van der Waals surface area contributed by atoms with E-state index in [1.807, 2.05) is 0 Å². The highest BCUT2D eigenvalue weighted by molar-refractivity contribution is 9.08. The lowest BCUT2D eigenvalue weighted by Crippen LogP contribution is -1.85. The van der Waals surface area contributed by atoms with Gasteiger partial charge in [0.1, 0.15) is 5.82 Å². The van der Waals surface area contributed by atoms with Crippen molar-refractivity contribution in [1.82, 2.24) is 0 Å². The van der Waals surface area contributed by atoms with Gasteiger partial charge in [0.05, 0.1) is 5.02 Å². The van der Waals surface area contributed by atoms with Crippen molar-refractivity contribution in [3.63, 3.8) is 0 Å². The third-order valence-electron chi connectivity index (χ3n) is 1.27. The van der Waals surface area contributed by atoms with Crippen LogP contribution in [0.25, 0.3) is 0 Å². The SMILES string of the molecule is Fc1ccc(Cl)c(CBr)c1Cl. The highest BCUT2D eigenvalue weighted by atomic mass is 79.9. The number of halogens is 4. The van der Waals surface area contributed by atoms with Gasteiger partial charge in [0.15, 0.2) is 0 Å². The Morgan fingerprint density at radius 1 is 1.36 bits per heavy atom. The van der Waals surface area contributed by atoms with E-state index in [1.54, 1.807) is 0 Å². The van der Waals surface area contributed by atoms with Crippen LogP contribution in [0.15, 0.2) is 12.1 Å². The largest absolute Gasteiger partial charge is 0.205 e. The first-order valence-electron chi connectivity index (χ1n) is 2.85. The van der Waals surface area contributed by atoms with E-state index in [9.17, 15) is 4.39 Å². The molecule has 0 radical (unpaired) electrons. The highest BCUT2D eigenvalue weighted by Crippen LogP contribution is 2.28. The third-order valence-corrected chi connectivity index (χ3v) is 2.60. The summed E-state index contributed by atoms with van der Waals surface area (Å²) in [6, 6.07) is 2.73. The first-order chi connectivity index (χ1) is 5.16. The Morgan fingerprint density at radius 2 is 2.00 bits per heavy atom. The summed E-state index contributed by atoms with van der Waals surface area (Å²) < 4.78 is 12.7. The highest BCUT2D eigenvalue weighted by Gasteiger charge is 2.08. The fourth-order valence-electron chi connectivity index (χ4n) is 0.692. The van der Waals surface area contributed by atoms with Gasteiger partial charge < -0.3 is 0 Å². The van der Waals surface area contributed by atoms with Crippen molar-refractivity contribution in [3.05, 3.63) is 33.6 Å². The molecule has 0 nitrogen and oxygen atoms in total. The molecule has 0 heterocycles. The van der Waals surface area contributed by atoms with Gasteiger partial charge >= 0.3 is 0 Å². The minimum Gasteiger partial charge on any atom is -0.205 e. The van der Waals surface area contributed by atoms with Crippen molar-refractivity contribution in [2.24, 2.45) is 0 Å². The summed E-state index contributed by atoms with van der Waals surface area (Å²) in [5.74, 6) is -0.439. The van der Waals surface area contributed by atoms with Crippen molar-refractivity contribution in [3.8, 4) is 0 Å². The summed E-state index contributed by atoms with van der Waals surface area (Å²) in [7, 11) is 0. The Bertz CT molecular complexity index is 275. The van der Waals surface area contributed by atoms with Crippen molar-refractivity contribution in [1.29, 1.82) is 0 Å². The summed E-state index contributed by atoms with van der Waals surface area (Å²) in [6.45, 7) is 0. The lowest BCUT2D eigenvalue weighted by Gasteiger charge is -2.02. The average Bonchev–Trinajstić information content (AvgIpc) is 1.99. The van der Waals surface area contributed by atoms with Gasteiger partial charge in [-0.15, -0.1) is 0 Å². The smallest absolute Gasteiger partial charge is 0.142 e. The Hall–Kier alpha value is 0.210. The molecule has 0 aliphatic carbocycles. The van der Waals surface area contributed by atoms with Crippen molar-refractivity contribution in [2.45, 2.75) is 5.33 Å². The van der Waals surface area contributed by atoms with Crippen LogP contribution in [0.5, 0.6) is 0 Å². The Kier molecular flexibility index (Phi) is 3.16. The van der Waals surface area contributed by atoms with Crippen molar-refractivity contribution >= 4 is 39.1 Å². The molecular formula is C7H4BrCl2F. The second-order valence-electron chi connectivity index (χ2n) is 1.96. The van der Waals surface area contributed by atoms with Gasteiger partial charge in [0.2, 0.25) is 0 Å². The van der Waals surface area contributed by atoms with Gasteiger partial charge in [-0.05, 0) is 12.1 Å². The van der Waals surface area contributed by atoms with Gasteiger partial charge in [0.25, 0.3) is 0 Å². The van der Waals surface area contributed by atoms with E-state index in [0.29, 0.717) is 15.9 Å². The Morgan fingerprint density at radius 3 is 2.45 bits per heavy atom. The number of alkyl halides is 1. The van der Waals surface area contributed by atoms with E-state index < -0.39 is 5.82 Å². The molecule has 0 N–H and O–H groups in total. The summed E-state index contributed by atoms with van der Waals surface area (Å²) >= 11 is 14.5. The topological polar surface area (TPSA) is 0 Å². The maximum atomic E-state index is 12.7. The van der Waals surface area contributed by atoms with E-state index in [2.05, 4.69) is 15.9 Å². The monoisotopic (exact) mass is 256 g/mol. The quantitative estimate of drug-likeness (QED) is 0.527. The standard InChI is InChI=1S/C7H4BrCl2F/c8-3-4-5(9)1-2-6(11)7(4)10/h1-2H,3H2. The zero-order chi connectivity index (χ0) is 8.43. The van der Waals surface area contributed by atoms with Crippen LogP contribution in [0.3, 0.4) is 0 Å². The molecular weight excluding hydrogens is 254 g/mol. The van der Waals surface area contributed by atoms with Crippen molar-refractivity contribution in [2.75, 3.05) is 0 Å². The van der Waals surface area contributed by atoms with Gasteiger partial charge in [-0.3, -0.25) is 0 Å². The van der Waals surface area contributed by atoms with Crippen LogP contribution in [0.1, 0.15) is 5.56 Å². The molecule has 1 aromatic carbocycles. The van der Waals surface area contributed by atoms with Crippen LogP contribution in [0.4, 0.5) is 4.39 Å². The molecule has 0 spiro atoms. The Labute approximate surface area is 82.4 Å². The van der Waals surface area contributed by atoms with E-state index in [4.69, 9.17) is 23.2 Å². The predicted octanol–water partition coefficient (Wildman–Crippen LogP) is 4.03. The van der Waals surface area contributed by atoms with E-state index in [1.165, 1.54) is 12.1 Å². The van der Waals surface area contributed by atoms with Gasteiger partial charge in [-0.2, -0.15) is 0 Å². The minimum atomic E-state index is -0.439. The summed E-state index contributed by atoms with van der Waals surface area (Å²) in [5, 5.41) is 1.03. The van der Waals surface area contributed by atoms with Crippen LogP contribution in [-0.2, 0) is 5.33 Å². The zero-order valence-corrected chi connectivity index (χ0v) is 8.47. The van der Waals surface area contributed by atoms with Crippen LogP contribution in [0.2, 0.25) is 10.0 Å².